The van der Waals surface area contributed by atoms with Gasteiger partial charge in [0.1, 0.15) is 0 Å². The number of alkyl halides is 3. The molecule has 0 aliphatic heterocycles. The van der Waals surface area contributed by atoms with Crippen LogP contribution in [0.25, 0.3) is 11.1 Å². The van der Waals surface area contributed by atoms with Crippen LogP contribution in [0.15, 0.2) is 36.5 Å². The maximum Gasteiger partial charge on any atom is 0.417 e. The van der Waals surface area contributed by atoms with Gasteiger partial charge in [-0.3, -0.25) is 4.98 Å². The van der Waals surface area contributed by atoms with Crippen molar-refractivity contribution in [2.75, 3.05) is 0 Å². The molecule has 1 aromatic heterocycles. The summed E-state index contributed by atoms with van der Waals surface area (Å²) in [6.45, 7) is 3.66. The van der Waals surface area contributed by atoms with Crippen molar-refractivity contribution in [2.45, 2.75) is 20.0 Å². The summed E-state index contributed by atoms with van der Waals surface area (Å²) in [5.74, 6) is 0. The molecule has 2 aromatic rings. The number of halogens is 3. The van der Waals surface area contributed by atoms with E-state index in [0.29, 0.717) is 5.56 Å². The Kier molecular flexibility index (Phi) is 3.11. The number of benzene rings is 1. The molecular formula is C14H12F3N. The average Bonchev–Trinajstić information content (AvgIpc) is 2.32. The highest BCUT2D eigenvalue weighted by Gasteiger charge is 2.33. The molecule has 0 unspecified atom stereocenters. The Labute approximate surface area is 103 Å². The first kappa shape index (κ1) is 12.6. The van der Waals surface area contributed by atoms with E-state index in [1.54, 1.807) is 12.1 Å². The van der Waals surface area contributed by atoms with Crippen molar-refractivity contribution in [3.8, 4) is 11.1 Å². The predicted molar refractivity (Wildman–Crippen MR) is 64.1 cm³/mol. The van der Waals surface area contributed by atoms with Crippen molar-refractivity contribution in [3.05, 3.63) is 53.3 Å². The molecule has 2 rings (SSSR count). The van der Waals surface area contributed by atoms with Crippen molar-refractivity contribution in [1.29, 1.82) is 0 Å². The zero-order valence-electron chi connectivity index (χ0n) is 10.0. The molecule has 0 saturated carbocycles. The first-order chi connectivity index (χ1) is 8.39. The molecule has 0 bridgehead atoms. The van der Waals surface area contributed by atoms with E-state index < -0.39 is 11.7 Å². The van der Waals surface area contributed by atoms with Gasteiger partial charge in [0.25, 0.3) is 0 Å². The van der Waals surface area contributed by atoms with Gasteiger partial charge >= 0.3 is 6.18 Å². The van der Waals surface area contributed by atoms with E-state index >= 15 is 0 Å². The molecule has 18 heavy (non-hydrogen) atoms. The van der Waals surface area contributed by atoms with Crippen LogP contribution in [0.5, 0.6) is 0 Å². The Morgan fingerprint density at radius 1 is 1.06 bits per heavy atom. The summed E-state index contributed by atoms with van der Waals surface area (Å²) >= 11 is 0. The van der Waals surface area contributed by atoms with Gasteiger partial charge in [0.2, 0.25) is 0 Å². The smallest absolute Gasteiger partial charge is 0.261 e. The highest BCUT2D eigenvalue weighted by atomic mass is 19.4. The quantitative estimate of drug-likeness (QED) is 0.732. The largest absolute Gasteiger partial charge is 0.417 e. The molecule has 0 aliphatic rings. The zero-order chi connectivity index (χ0) is 13.3. The molecular weight excluding hydrogens is 239 g/mol. The van der Waals surface area contributed by atoms with Crippen LogP contribution in [0.3, 0.4) is 0 Å². The van der Waals surface area contributed by atoms with Gasteiger partial charge < -0.3 is 0 Å². The lowest BCUT2D eigenvalue weighted by atomic mass is 9.99. The minimum Gasteiger partial charge on any atom is -0.261 e. The van der Waals surface area contributed by atoms with E-state index in [1.165, 1.54) is 18.3 Å². The summed E-state index contributed by atoms with van der Waals surface area (Å²) in [5.41, 5.74) is 1.73. The van der Waals surface area contributed by atoms with Crippen LogP contribution < -0.4 is 0 Å². The molecule has 4 heteroatoms. The predicted octanol–water partition coefficient (Wildman–Crippen LogP) is 4.38. The fourth-order valence-corrected chi connectivity index (χ4v) is 1.77. The van der Waals surface area contributed by atoms with E-state index in [9.17, 15) is 13.2 Å². The number of hydrogen-bond donors (Lipinski definition) is 0. The zero-order valence-corrected chi connectivity index (χ0v) is 10.0. The molecule has 0 atom stereocenters. The molecule has 0 fully saturated rings. The van der Waals surface area contributed by atoms with Gasteiger partial charge in [0, 0.05) is 17.5 Å². The molecule has 0 spiro atoms. The number of pyridine rings is 1. The molecule has 0 amide bonds. The summed E-state index contributed by atoms with van der Waals surface area (Å²) in [5, 5.41) is 0. The molecule has 0 radical (unpaired) electrons. The normalized spacial score (nSPS) is 11.6. The number of aromatic nitrogens is 1. The third-order valence-corrected chi connectivity index (χ3v) is 2.88. The van der Waals surface area contributed by atoms with Crippen molar-refractivity contribution >= 4 is 0 Å². The van der Waals surface area contributed by atoms with Gasteiger partial charge in [-0.15, -0.1) is 0 Å². The molecule has 94 valence electrons. The highest BCUT2D eigenvalue weighted by molar-refractivity contribution is 5.68. The van der Waals surface area contributed by atoms with Crippen LogP contribution in [0.2, 0.25) is 0 Å². The molecule has 1 heterocycles. The van der Waals surface area contributed by atoms with Crippen molar-refractivity contribution < 1.29 is 13.2 Å². The van der Waals surface area contributed by atoms with Crippen molar-refractivity contribution in [2.24, 2.45) is 0 Å². The van der Waals surface area contributed by atoms with Gasteiger partial charge in [0.05, 0.1) is 5.56 Å². The fourth-order valence-electron chi connectivity index (χ4n) is 1.77. The number of nitrogens with zero attached hydrogens (tertiary/aromatic N) is 1. The Morgan fingerprint density at radius 2 is 1.72 bits per heavy atom. The van der Waals surface area contributed by atoms with Crippen LogP contribution in [0.4, 0.5) is 13.2 Å². The van der Waals surface area contributed by atoms with Gasteiger partial charge in [-0.25, -0.2) is 0 Å². The van der Waals surface area contributed by atoms with Gasteiger partial charge in [-0.2, -0.15) is 13.2 Å². The standard InChI is InChI=1S/C14H12F3N/c1-9-7-11(8-18-10(9)2)12-5-3-4-6-13(12)14(15,16)17/h3-8H,1-2H3. The summed E-state index contributed by atoms with van der Waals surface area (Å²) < 4.78 is 38.7. The van der Waals surface area contributed by atoms with Crippen LogP contribution in [0, 0.1) is 13.8 Å². The summed E-state index contributed by atoms with van der Waals surface area (Å²) in [6.07, 6.45) is -2.87. The Hall–Kier alpha value is -1.84. The molecule has 0 saturated heterocycles. The van der Waals surface area contributed by atoms with E-state index in [2.05, 4.69) is 4.98 Å². The summed E-state index contributed by atoms with van der Waals surface area (Å²) in [6, 6.07) is 7.27. The lowest BCUT2D eigenvalue weighted by Crippen LogP contribution is -2.07. The monoisotopic (exact) mass is 251 g/mol. The lowest BCUT2D eigenvalue weighted by molar-refractivity contribution is -0.137. The van der Waals surface area contributed by atoms with Gasteiger partial charge in [-0.1, -0.05) is 18.2 Å². The topological polar surface area (TPSA) is 12.9 Å². The minimum atomic E-state index is -4.35. The Bertz CT molecular complexity index is 573. The van der Waals surface area contributed by atoms with E-state index in [-0.39, 0.29) is 5.56 Å². The summed E-state index contributed by atoms with van der Waals surface area (Å²) in [4.78, 5) is 4.11. The lowest BCUT2D eigenvalue weighted by Gasteiger charge is -2.13. The highest BCUT2D eigenvalue weighted by Crippen LogP contribution is 2.36. The van der Waals surface area contributed by atoms with Crippen molar-refractivity contribution in [3.63, 3.8) is 0 Å². The Morgan fingerprint density at radius 3 is 2.33 bits per heavy atom. The van der Waals surface area contributed by atoms with Crippen LogP contribution in [-0.2, 0) is 6.18 Å². The van der Waals surface area contributed by atoms with E-state index in [4.69, 9.17) is 0 Å². The first-order valence-corrected chi connectivity index (χ1v) is 5.49. The minimum absolute atomic E-state index is 0.167. The molecule has 0 aliphatic carbocycles. The second-order valence-electron chi connectivity index (χ2n) is 4.17. The Balaban J connectivity index is 2.61. The van der Waals surface area contributed by atoms with Gasteiger partial charge in [-0.05, 0) is 37.1 Å². The van der Waals surface area contributed by atoms with E-state index in [1.807, 2.05) is 13.8 Å². The number of rotatable bonds is 1. The molecule has 1 nitrogen and oxygen atoms in total. The first-order valence-electron chi connectivity index (χ1n) is 5.49. The van der Waals surface area contributed by atoms with Crippen LogP contribution >= 0.6 is 0 Å². The van der Waals surface area contributed by atoms with Gasteiger partial charge in [0.15, 0.2) is 0 Å². The maximum atomic E-state index is 12.9. The fraction of sp³-hybridized carbons (Fsp3) is 0.214. The third kappa shape index (κ3) is 2.37. The molecule has 0 N–H and O–H groups in total. The second kappa shape index (κ2) is 4.44. The summed E-state index contributed by atoms with van der Waals surface area (Å²) in [7, 11) is 0. The van der Waals surface area contributed by atoms with Crippen molar-refractivity contribution in [1.82, 2.24) is 4.98 Å². The average molecular weight is 251 g/mol. The number of hydrogen-bond acceptors (Lipinski definition) is 1. The maximum absolute atomic E-state index is 12.9. The third-order valence-electron chi connectivity index (χ3n) is 2.88. The number of aryl methyl sites for hydroxylation is 2. The molecule has 1 aromatic carbocycles. The van der Waals surface area contributed by atoms with Crippen LogP contribution in [-0.4, -0.2) is 4.98 Å². The SMILES string of the molecule is Cc1cc(-c2ccccc2C(F)(F)F)cnc1C. The van der Waals surface area contributed by atoms with Crippen LogP contribution in [0.1, 0.15) is 16.8 Å². The van der Waals surface area contributed by atoms with E-state index in [0.717, 1.165) is 17.3 Å². The second-order valence-corrected chi connectivity index (χ2v) is 4.17.